The van der Waals surface area contributed by atoms with Gasteiger partial charge < -0.3 is 14.7 Å². The summed E-state index contributed by atoms with van der Waals surface area (Å²) in [6.07, 6.45) is 11.9. The Hall–Kier alpha value is -3.63. The van der Waals surface area contributed by atoms with Crippen molar-refractivity contribution in [1.82, 2.24) is 9.80 Å². The number of para-hydroxylation sites is 1. The van der Waals surface area contributed by atoms with Crippen molar-refractivity contribution in [2.45, 2.75) is 44.7 Å². The van der Waals surface area contributed by atoms with Gasteiger partial charge in [0.15, 0.2) is 0 Å². The monoisotopic (exact) mass is 603 g/mol. The van der Waals surface area contributed by atoms with E-state index in [1.54, 1.807) is 24.3 Å². The van der Waals surface area contributed by atoms with Crippen LogP contribution < -0.4 is 14.5 Å². The molecule has 3 heterocycles. The third-order valence-corrected chi connectivity index (χ3v) is 10.3. The number of benzene rings is 2. The second-order valence-corrected chi connectivity index (χ2v) is 14.5. The van der Waals surface area contributed by atoms with Crippen LogP contribution in [0, 0.1) is 11.3 Å². The van der Waals surface area contributed by atoms with Crippen LogP contribution in [0.15, 0.2) is 78.9 Å². The van der Waals surface area contributed by atoms with Crippen LogP contribution in [-0.4, -0.2) is 80.7 Å². The van der Waals surface area contributed by atoms with E-state index < -0.39 is 15.6 Å². The molecular formula is C33H41N5O4S. The summed E-state index contributed by atoms with van der Waals surface area (Å²) in [7, 11) is -3.39. The lowest BCUT2D eigenvalue weighted by Crippen LogP contribution is -2.56. The van der Waals surface area contributed by atoms with Crippen molar-refractivity contribution in [2.75, 3.05) is 53.6 Å². The number of rotatable bonds is 8. The maximum atomic E-state index is 14.2. The largest absolute Gasteiger partial charge is 0.338 e. The van der Waals surface area contributed by atoms with E-state index in [0.717, 1.165) is 50.2 Å². The highest BCUT2D eigenvalue weighted by atomic mass is 32.2. The van der Waals surface area contributed by atoms with E-state index in [9.17, 15) is 18.0 Å². The lowest BCUT2D eigenvalue weighted by Gasteiger charge is -2.43. The van der Waals surface area contributed by atoms with E-state index in [1.807, 2.05) is 29.2 Å². The molecule has 1 aliphatic carbocycles. The average Bonchev–Trinajstić information content (AvgIpc) is 3.37. The summed E-state index contributed by atoms with van der Waals surface area (Å²) < 4.78 is 25.8. The predicted octanol–water partition coefficient (Wildman–Crippen LogP) is 4.07. The third-order valence-electron chi connectivity index (χ3n) is 9.66. The summed E-state index contributed by atoms with van der Waals surface area (Å²) in [5.74, 6) is 0.520. The molecule has 1 N–H and O–H groups in total. The molecule has 2 unspecified atom stereocenters. The highest BCUT2D eigenvalue weighted by Crippen LogP contribution is 2.44. The maximum absolute atomic E-state index is 14.2. The zero-order valence-corrected chi connectivity index (χ0v) is 26.0. The van der Waals surface area contributed by atoms with E-state index in [1.165, 1.54) is 0 Å². The molecule has 2 aromatic rings. The van der Waals surface area contributed by atoms with Gasteiger partial charge in [-0.1, -0.05) is 56.4 Å². The molecule has 3 aliphatic heterocycles. The van der Waals surface area contributed by atoms with Crippen molar-refractivity contribution in [3.8, 4) is 0 Å². The molecule has 43 heavy (non-hydrogen) atoms. The molecule has 0 saturated carbocycles. The van der Waals surface area contributed by atoms with Crippen LogP contribution in [0.5, 0.6) is 0 Å². The van der Waals surface area contributed by atoms with Crippen molar-refractivity contribution in [1.29, 1.82) is 0 Å². The first-order chi connectivity index (χ1) is 20.5. The number of carbonyl (C=O) groups excluding carboxylic acids is 2. The van der Waals surface area contributed by atoms with E-state index in [0.29, 0.717) is 25.2 Å². The number of hydrogen-bond acceptors (Lipinski definition) is 6. The van der Waals surface area contributed by atoms with Gasteiger partial charge in [0.25, 0.3) is 5.91 Å². The molecule has 3 fully saturated rings. The third kappa shape index (κ3) is 5.47. The van der Waals surface area contributed by atoms with Crippen LogP contribution in [0.2, 0.25) is 0 Å². The minimum absolute atomic E-state index is 0.0768. The van der Waals surface area contributed by atoms with Gasteiger partial charge in [-0.3, -0.25) is 19.2 Å². The number of nitrogens with zero attached hydrogens (tertiary/aromatic N) is 4. The first-order valence-electron chi connectivity index (χ1n) is 15.1. The molecule has 2 aromatic carbocycles. The number of nitrogens with one attached hydrogen (secondary N) is 1. The van der Waals surface area contributed by atoms with E-state index in [2.05, 4.69) is 63.6 Å². The Bertz CT molecular complexity index is 1530. The Balaban J connectivity index is 1.13. The Labute approximate surface area is 254 Å². The molecule has 2 amide bonds. The minimum Gasteiger partial charge on any atom is -0.338 e. The molecule has 0 aromatic heterocycles. The maximum Gasteiger partial charge on any atom is 0.254 e. The molecule has 0 bridgehead atoms. The zero-order valence-electron chi connectivity index (χ0n) is 25.1. The summed E-state index contributed by atoms with van der Waals surface area (Å²) in [4.78, 5) is 36.0. The van der Waals surface area contributed by atoms with Gasteiger partial charge in [0, 0.05) is 42.6 Å². The summed E-state index contributed by atoms with van der Waals surface area (Å²) in [5, 5.41) is 0. The summed E-state index contributed by atoms with van der Waals surface area (Å²) in [6.45, 7) is 7.76. The number of hydrogen-bond donors (Lipinski definition) is 1. The van der Waals surface area contributed by atoms with Crippen molar-refractivity contribution in [2.24, 2.45) is 11.3 Å². The number of anilines is 3. The Kier molecular flexibility index (Phi) is 7.62. The second kappa shape index (κ2) is 11.1. The van der Waals surface area contributed by atoms with Crippen LogP contribution in [-0.2, 0) is 19.6 Å². The topological polar surface area (TPSA) is 93.3 Å². The van der Waals surface area contributed by atoms with Crippen molar-refractivity contribution in [3.63, 3.8) is 0 Å². The van der Waals surface area contributed by atoms with Gasteiger partial charge in [0.2, 0.25) is 15.9 Å². The lowest BCUT2D eigenvalue weighted by atomic mass is 9.77. The summed E-state index contributed by atoms with van der Waals surface area (Å²) in [5.41, 5.74) is 1.19. The van der Waals surface area contributed by atoms with Gasteiger partial charge in [-0.2, -0.15) is 0 Å². The number of allylic oxidation sites excluding steroid dienone is 2. The molecule has 6 rings (SSSR count). The lowest BCUT2D eigenvalue weighted by molar-refractivity contribution is -0.135. The van der Waals surface area contributed by atoms with Gasteiger partial charge in [-0.15, -0.1) is 0 Å². The number of sulfonamides is 1. The molecule has 3 saturated heterocycles. The fraction of sp³-hybridized carbons (Fsp3) is 0.455. The molecule has 4 aliphatic rings. The highest BCUT2D eigenvalue weighted by Gasteiger charge is 2.54. The molecule has 0 radical (unpaired) electrons. The zero-order chi connectivity index (χ0) is 30.4. The quantitative estimate of drug-likeness (QED) is 0.489. The Morgan fingerprint density at radius 2 is 1.53 bits per heavy atom. The Morgan fingerprint density at radius 1 is 0.860 bits per heavy atom. The summed E-state index contributed by atoms with van der Waals surface area (Å²) >= 11 is 0. The van der Waals surface area contributed by atoms with Gasteiger partial charge in [0.05, 0.1) is 24.4 Å². The number of fused-ring (bicyclic) bond motifs is 1. The molecule has 1 spiro atoms. The molecular weight excluding hydrogens is 562 g/mol. The molecule has 228 valence electrons. The predicted molar refractivity (Wildman–Crippen MR) is 170 cm³/mol. The number of amides is 2. The number of piperidine rings is 1. The van der Waals surface area contributed by atoms with Crippen LogP contribution in [0.4, 0.5) is 17.1 Å². The van der Waals surface area contributed by atoms with Crippen molar-refractivity contribution < 1.29 is 18.0 Å². The van der Waals surface area contributed by atoms with Gasteiger partial charge >= 0.3 is 0 Å². The number of likely N-dealkylation sites (tertiary alicyclic amines) is 2. The Morgan fingerprint density at radius 3 is 2.21 bits per heavy atom. The normalized spacial score (nSPS) is 24.7. The van der Waals surface area contributed by atoms with Crippen LogP contribution in [0.25, 0.3) is 0 Å². The smallest absolute Gasteiger partial charge is 0.254 e. The van der Waals surface area contributed by atoms with Gasteiger partial charge in [-0.05, 0) is 62.2 Å². The highest BCUT2D eigenvalue weighted by molar-refractivity contribution is 7.92. The van der Waals surface area contributed by atoms with Crippen LogP contribution in [0.1, 0.15) is 33.1 Å². The standard InChI is InChI=1S/C33H41N5O4S/c1-32(2)28-12-7-8-13-29(28)36(30(32)39)21-9-20-35-22-18-33(19-23-35)31(40)37(24-38(33)27-10-5-4-6-11-27)26-16-14-25(15-17-26)34-43(3,41)42/h4-8,10-17,28-29,34H,9,18-24H2,1-3H3. The van der Waals surface area contributed by atoms with Crippen molar-refractivity contribution in [3.05, 3.63) is 78.9 Å². The SMILES string of the molecule is CC1(C)C(=O)N(CCCN2CCC3(CC2)C(=O)N(c2ccc(NS(C)(=O)=O)cc2)CN3c2ccccc2)C2C=CC=CC21. The molecule has 2 atom stereocenters. The second-order valence-electron chi connectivity index (χ2n) is 12.8. The van der Waals surface area contributed by atoms with Crippen LogP contribution in [0.3, 0.4) is 0 Å². The van der Waals surface area contributed by atoms with Gasteiger partial charge in [-0.25, -0.2) is 8.42 Å². The van der Waals surface area contributed by atoms with E-state index >= 15 is 0 Å². The van der Waals surface area contributed by atoms with Crippen LogP contribution >= 0.6 is 0 Å². The van der Waals surface area contributed by atoms with Gasteiger partial charge in [0.1, 0.15) is 5.54 Å². The van der Waals surface area contributed by atoms with E-state index in [4.69, 9.17) is 0 Å². The number of carbonyl (C=O) groups is 2. The first-order valence-corrected chi connectivity index (χ1v) is 17.0. The average molecular weight is 604 g/mol. The first kappa shape index (κ1) is 29.4. The molecule has 9 nitrogen and oxygen atoms in total. The fourth-order valence-corrected chi connectivity index (χ4v) is 7.89. The summed E-state index contributed by atoms with van der Waals surface area (Å²) in [6, 6.07) is 17.2. The van der Waals surface area contributed by atoms with E-state index in [-0.39, 0.29) is 29.2 Å². The molecule has 10 heteroatoms. The minimum atomic E-state index is -3.39. The fourth-order valence-electron chi connectivity index (χ4n) is 7.32. The van der Waals surface area contributed by atoms with Crippen molar-refractivity contribution >= 4 is 38.9 Å².